The fourth-order valence-corrected chi connectivity index (χ4v) is 0.730. The third kappa shape index (κ3) is 8.08. The summed E-state index contributed by atoms with van der Waals surface area (Å²) < 4.78 is 28.6. The molecule has 0 aromatic carbocycles. The van der Waals surface area contributed by atoms with Gasteiger partial charge in [0.2, 0.25) is 0 Å². The fraction of sp³-hybridized carbons (Fsp3) is 1.00. The molecular weight excluding hydrogens is 180 g/mol. The van der Waals surface area contributed by atoms with E-state index in [9.17, 15) is 8.78 Å². The van der Waals surface area contributed by atoms with Crippen LogP contribution in [0.2, 0.25) is 0 Å². The highest BCUT2D eigenvalue weighted by Gasteiger charge is 2.15. The first kappa shape index (κ1) is 12.7. The van der Waals surface area contributed by atoms with Crippen LogP contribution in [0.5, 0.6) is 0 Å². The Kier molecular flexibility index (Phi) is 8.18. The van der Waals surface area contributed by atoms with Crippen LogP contribution in [0.1, 0.15) is 13.3 Å². The molecule has 1 unspecified atom stereocenters. The Bertz CT molecular complexity index is 114. The molecule has 0 amide bonds. The maximum Gasteiger partial charge on any atom is 0.265 e. The van der Waals surface area contributed by atoms with Crippen molar-refractivity contribution in [2.45, 2.75) is 25.9 Å². The van der Waals surface area contributed by atoms with Gasteiger partial charge in [-0.15, -0.1) is 0 Å². The minimum atomic E-state index is -2.68. The molecule has 1 atom stereocenters. The smallest absolute Gasteiger partial charge is 0.265 e. The van der Waals surface area contributed by atoms with Crippen LogP contribution in [0.4, 0.5) is 8.78 Å². The summed E-state index contributed by atoms with van der Waals surface area (Å²) in [5, 5.41) is 11.3. The second kappa shape index (κ2) is 8.34. The van der Waals surface area contributed by atoms with Gasteiger partial charge in [-0.05, 0) is 6.42 Å². The molecule has 0 heterocycles. The van der Waals surface area contributed by atoms with Gasteiger partial charge < -0.3 is 15.2 Å². The van der Waals surface area contributed by atoms with Gasteiger partial charge in [0, 0.05) is 19.7 Å². The predicted octanol–water partition coefficient (Wildman–Crippen LogP) is 0.629. The highest BCUT2D eigenvalue weighted by atomic mass is 19.3. The number of aliphatic hydroxyl groups excluding tert-OH is 1. The van der Waals surface area contributed by atoms with Gasteiger partial charge >= 0.3 is 0 Å². The zero-order valence-electron chi connectivity index (χ0n) is 7.80. The first-order valence-electron chi connectivity index (χ1n) is 4.43. The molecule has 0 saturated carbocycles. The van der Waals surface area contributed by atoms with Crippen molar-refractivity contribution < 1.29 is 18.6 Å². The molecule has 5 heteroatoms. The molecule has 0 aliphatic carbocycles. The van der Waals surface area contributed by atoms with E-state index in [4.69, 9.17) is 9.84 Å². The van der Waals surface area contributed by atoms with Gasteiger partial charge in [-0.3, -0.25) is 0 Å². The van der Waals surface area contributed by atoms with Crippen molar-refractivity contribution in [3.8, 4) is 0 Å². The predicted molar refractivity (Wildman–Crippen MR) is 46.0 cm³/mol. The molecule has 0 aliphatic heterocycles. The highest BCUT2D eigenvalue weighted by Crippen LogP contribution is 1.97. The molecule has 0 aliphatic rings. The van der Waals surface area contributed by atoms with Crippen molar-refractivity contribution in [2.24, 2.45) is 0 Å². The van der Waals surface area contributed by atoms with Crippen molar-refractivity contribution in [1.29, 1.82) is 0 Å². The third-order valence-corrected chi connectivity index (χ3v) is 1.42. The quantitative estimate of drug-likeness (QED) is 0.561. The van der Waals surface area contributed by atoms with Crippen LogP contribution < -0.4 is 5.32 Å². The van der Waals surface area contributed by atoms with Crippen LogP contribution in [0.25, 0.3) is 0 Å². The van der Waals surface area contributed by atoms with E-state index in [0.717, 1.165) is 6.42 Å². The van der Waals surface area contributed by atoms with E-state index in [0.29, 0.717) is 19.8 Å². The van der Waals surface area contributed by atoms with Crippen molar-refractivity contribution in [1.82, 2.24) is 5.32 Å². The van der Waals surface area contributed by atoms with Gasteiger partial charge in [0.25, 0.3) is 6.43 Å². The van der Waals surface area contributed by atoms with Crippen LogP contribution in [0, 0.1) is 0 Å². The van der Waals surface area contributed by atoms with Gasteiger partial charge in [-0.25, -0.2) is 8.78 Å². The summed E-state index contributed by atoms with van der Waals surface area (Å²) in [5.74, 6) is 0. The molecule has 13 heavy (non-hydrogen) atoms. The van der Waals surface area contributed by atoms with E-state index < -0.39 is 12.5 Å². The van der Waals surface area contributed by atoms with Crippen LogP contribution in [-0.2, 0) is 4.74 Å². The van der Waals surface area contributed by atoms with E-state index in [-0.39, 0.29) is 6.54 Å². The molecule has 0 saturated heterocycles. The van der Waals surface area contributed by atoms with Gasteiger partial charge in [0.1, 0.15) is 6.10 Å². The van der Waals surface area contributed by atoms with Crippen molar-refractivity contribution >= 4 is 0 Å². The van der Waals surface area contributed by atoms with E-state index >= 15 is 0 Å². The van der Waals surface area contributed by atoms with Gasteiger partial charge in [-0.2, -0.15) is 0 Å². The Morgan fingerprint density at radius 1 is 1.38 bits per heavy atom. The van der Waals surface area contributed by atoms with Gasteiger partial charge in [-0.1, -0.05) is 6.92 Å². The zero-order chi connectivity index (χ0) is 10.1. The number of halogens is 2. The molecule has 0 radical (unpaired) electrons. The summed E-state index contributed by atoms with van der Waals surface area (Å²) in [4.78, 5) is 0. The van der Waals surface area contributed by atoms with E-state index in [1.807, 2.05) is 6.92 Å². The first-order chi connectivity index (χ1) is 6.18. The number of nitrogens with one attached hydrogen (secondary N) is 1. The van der Waals surface area contributed by atoms with E-state index in [1.165, 1.54) is 0 Å². The van der Waals surface area contributed by atoms with Crippen LogP contribution in [0.15, 0.2) is 0 Å². The molecule has 0 fully saturated rings. The molecule has 2 N–H and O–H groups in total. The lowest BCUT2D eigenvalue weighted by Crippen LogP contribution is -2.33. The lowest BCUT2D eigenvalue weighted by Gasteiger charge is -2.10. The standard InChI is InChI=1S/C8H17F2NO2/c1-2-4-13-5-3-11-6-7(12)8(9)10/h7-8,11-12H,2-6H2,1H3. The molecule has 0 rings (SSSR count). The van der Waals surface area contributed by atoms with E-state index in [1.54, 1.807) is 0 Å². The Labute approximate surface area is 77.1 Å². The van der Waals surface area contributed by atoms with Crippen molar-refractivity contribution in [3.63, 3.8) is 0 Å². The zero-order valence-corrected chi connectivity index (χ0v) is 7.80. The van der Waals surface area contributed by atoms with Crippen molar-refractivity contribution in [2.75, 3.05) is 26.3 Å². The molecular formula is C8H17F2NO2. The topological polar surface area (TPSA) is 41.5 Å². The van der Waals surface area contributed by atoms with E-state index in [2.05, 4.69) is 5.32 Å². The summed E-state index contributed by atoms with van der Waals surface area (Å²) in [6, 6.07) is 0. The molecule has 3 nitrogen and oxygen atoms in total. The minimum absolute atomic E-state index is 0.0901. The van der Waals surface area contributed by atoms with Gasteiger partial charge in [0.05, 0.1) is 6.61 Å². The SMILES string of the molecule is CCCOCCNCC(O)C(F)F. The number of rotatable bonds is 8. The average molecular weight is 197 g/mol. The Morgan fingerprint density at radius 2 is 2.08 bits per heavy atom. The number of alkyl halides is 2. The largest absolute Gasteiger partial charge is 0.386 e. The number of aliphatic hydroxyl groups is 1. The van der Waals surface area contributed by atoms with Crippen LogP contribution in [0.3, 0.4) is 0 Å². The molecule has 0 spiro atoms. The summed E-state index contributed by atoms with van der Waals surface area (Å²) in [6.07, 6.45) is -3.31. The Hall–Kier alpha value is -0.260. The number of hydrogen-bond acceptors (Lipinski definition) is 3. The number of ether oxygens (including phenoxy) is 1. The number of hydrogen-bond donors (Lipinski definition) is 2. The fourth-order valence-electron chi connectivity index (χ4n) is 0.730. The lowest BCUT2D eigenvalue weighted by atomic mass is 10.4. The molecule has 0 aromatic heterocycles. The van der Waals surface area contributed by atoms with Gasteiger partial charge in [0.15, 0.2) is 0 Å². The third-order valence-electron chi connectivity index (χ3n) is 1.42. The van der Waals surface area contributed by atoms with Crippen molar-refractivity contribution in [3.05, 3.63) is 0 Å². The lowest BCUT2D eigenvalue weighted by molar-refractivity contribution is -0.00411. The molecule has 0 aromatic rings. The summed E-state index contributed by atoms with van der Waals surface area (Å²) in [5.41, 5.74) is 0. The maximum absolute atomic E-state index is 11.7. The maximum atomic E-state index is 11.7. The molecule has 0 bridgehead atoms. The van der Waals surface area contributed by atoms with Crippen LogP contribution >= 0.6 is 0 Å². The Morgan fingerprint density at radius 3 is 2.62 bits per heavy atom. The van der Waals surface area contributed by atoms with Crippen LogP contribution in [-0.4, -0.2) is 43.9 Å². The second-order valence-electron chi connectivity index (χ2n) is 2.72. The normalized spacial score (nSPS) is 13.6. The summed E-state index contributed by atoms with van der Waals surface area (Å²) in [7, 11) is 0. The Balaban J connectivity index is 3.07. The molecule has 80 valence electrons. The first-order valence-corrected chi connectivity index (χ1v) is 4.43. The average Bonchev–Trinajstić information content (AvgIpc) is 2.10. The monoisotopic (exact) mass is 197 g/mol. The summed E-state index contributed by atoms with van der Waals surface area (Å²) >= 11 is 0. The second-order valence-corrected chi connectivity index (χ2v) is 2.72. The highest BCUT2D eigenvalue weighted by molar-refractivity contribution is 4.60. The summed E-state index contributed by atoms with van der Waals surface area (Å²) in [6.45, 7) is 3.56. The minimum Gasteiger partial charge on any atom is -0.386 e.